The van der Waals surface area contributed by atoms with Gasteiger partial charge in [-0.2, -0.15) is 4.98 Å². The lowest BCUT2D eigenvalue weighted by Gasteiger charge is -2.19. The summed E-state index contributed by atoms with van der Waals surface area (Å²) in [4.78, 5) is 25.0. The van der Waals surface area contributed by atoms with Crippen LogP contribution >= 0.6 is 0 Å². The molecule has 2 rings (SSSR count). The highest BCUT2D eigenvalue weighted by Crippen LogP contribution is 2.26. The minimum atomic E-state index is -0.833. The molecule has 1 atom stereocenters. The molecule has 1 saturated carbocycles. The van der Waals surface area contributed by atoms with Gasteiger partial charge in [-0.05, 0) is 39.5 Å². The smallest absolute Gasteiger partial charge is 0.407 e. The molecule has 1 aromatic heterocycles. The molecule has 0 spiro atoms. The number of alkyl carbamates (subject to hydrolysis) is 1. The van der Waals surface area contributed by atoms with E-state index in [-0.39, 0.29) is 6.04 Å². The van der Waals surface area contributed by atoms with E-state index >= 15 is 0 Å². The number of carboxylic acid groups (broad SMARTS) is 1. The highest BCUT2D eigenvalue weighted by atomic mass is 16.6. The average Bonchev–Trinajstić information content (AvgIpc) is 3.06. The number of nitrogens with two attached hydrogens (primary N) is 1. The summed E-state index contributed by atoms with van der Waals surface area (Å²) in [6.45, 7) is 7.10. The minimum Gasteiger partial charge on any atom is -0.481 e. The molecule has 0 unspecified atom stereocenters. The summed E-state index contributed by atoms with van der Waals surface area (Å²) in [6, 6.07) is -0.298. The summed E-state index contributed by atoms with van der Waals surface area (Å²) in [7, 11) is 0. The van der Waals surface area contributed by atoms with Gasteiger partial charge in [-0.25, -0.2) is 4.79 Å². The Kier molecular flexibility index (Phi) is 10.6. The summed E-state index contributed by atoms with van der Waals surface area (Å²) in [5, 5.41) is 14.2. The van der Waals surface area contributed by atoms with Crippen LogP contribution in [0.4, 0.5) is 4.79 Å². The fourth-order valence-corrected chi connectivity index (χ4v) is 3.10. The summed E-state index contributed by atoms with van der Waals surface area (Å²) >= 11 is 0. The number of aromatic nitrogens is 2. The van der Waals surface area contributed by atoms with Crippen LogP contribution in [0.25, 0.3) is 0 Å². The van der Waals surface area contributed by atoms with E-state index in [9.17, 15) is 4.79 Å². The minimum absolute atomic E-state index is 0.298. The van der Waals surface area contributed by atoms with Crippen LogP contribution in [0, 0.1) is 5.92 Å². The van der Waals surface area contributed by atoms with E-state index in [0.717, 1.165) is 25.6 Å². The van der Waals surface area contributed by atoms with Crippen LogP contribution in [0.3, 0.4) is 0 Å². The SMILES string of the molecule is CC(=O)O.CC(C)(C)OC(=O)NCCC[C@H](N)c1nc(CC2CCCCC2)no1. The van der Waals surface area contributed by atoms with Crippen LogP contribution in [0.1, 0.15) is 90.4 Å². The van der Waals surface area contributed by atoms with Crippen molar-refractivity contribution < 1.29 is 24.0 Å². The van der Waals surface area contributed by atoms with Gasteiger partial charge in [-0.15, -0.1) is 0 Å². The number of carboxylic acids is 1. The van der Waals surface area contributed by atoms with E-state index in [1.807, 2.05) is 20.8 Å². The Morgan fingerprint density at radius 3 is 2.52 bits per heavy atom. The second-order valence-corrected chi connectivity index (χ2v) is 8.45. The topological polar surface area (TPSA) is 141 Å². The molecule has 1 fully saturated rings. The third-order valence-electron chi connectivity index (χ3n) is 4.36. The summed E-state index contributed by atoms with van der Waals surface area (Å²) < 4.78 is 10.5. The third-order valence-corrected chi connectivity index (χ3v) is 4.36. The lowest BCUT2D eigenvalue weighted by atomic mass is 9.87. The highest BCUT2D eigenvalue weighted by molar-refractivity contribution is 5.67. The maximum Gasteiger partial charge on any atom is 0.407 e. The van der Waals surface area contributed by atoms with Crippen LogP contribution in [0.15, 0.2) is 4.52 Å². The first kappa shape index (κ1) is 24.9. The molecule has 9 nitrogen and oxygen atoms in total. The fraction of sp³-hybridized carbons (Fsp3) is 0.800. The first-order valence-corrected chi connectivity index (χ1v) is 10.3. The van der Waals surface area contributed by atoms with Gasteiger partial charge in [-0.1, -0.05) is 37.3 Å². The predicted octanol–water partition coefficient (Wildman–Crippen LogP) is 3.59. The van der Waals surface area contributed by atoms with E-state index in [4.69, 9.17) is 24.9 Å². The average molecular weight is 413 g/mol. The number of ether oxygens (including phenoxy) is 1. The number of hydrogen-bond acceptors (Lipinski definition) is 7. The molecular weight excluding hydrogens is 376 g/mol. The van der Waals surface area contributed by atoms with Gasteiger partial charge in [0.2, 0.25) is 5.89 Å². The third kappa shape index (κ3) is 12.1. The molecule has 4 N–H and O–H groups in total. The molecule has 9 heteroatoms. The molecule has 166 valence electrons. The van der Waals surface area contributed by atoms with Gasteiger partial charge in [-0.3, -0.25) is 4.79 Å². The van der Waals surface area contributed by atoms with Gasteiger partial charge in [0.1, 0.15) is 5.60 Å². The van der Waals surface area contributed by atoms with Crippen LogP contribution < -0.4 is 11.1 Å². The van der Waals surface area contributed by atoms with Gasteiger partial charge in [0.05, 0.1) is 6.04 Å². The molecule has 29 heavy (non-hydrogen) atoms. The van der Waals surface area contributed by atoms with E-state index in [0.29, 0.717) is 24.8 Å². The Morgan fingerprint density at radius 1 is 1.31 bits per heavy atom. The van der Waals surface area contributed by atoms with Crippen LogP contribution in [-0.2, 0) is 16.0 Å². The van der Waals surface area contributed by atoms with Crippen LogP contribution in [-0.4, -0.2) is 39.5 Å². The fourth-order valence-electron chi connectivity index (χ4n) is 3.10. The van der Waals surface area contributed by atoms with Gasteiger partial charge < -0.3 is 25.4 Å². The molecule has 1 aliphatic rings. The van der Waals surface area contributed by atoms with E-state index < -0.39 is 17.7 Å². The molecule has 0 radical (unpaired) electrons. The second kappa shape index (κ2) is 12.4. The highest BCUT2D eigenvalue weighted by Gasteiger charge is 2.20. The number of carbonyl (C=O) groups excluding carboxylic acids is 1. The Balaban J connectivity index is 0.000000960. The van der Waals surface area contributed by atoms with Crippen molar-refractivity contribution in [3.05, 3.63) is 11.7 Å². The zero-order chi connectivity index (χ0) is 21.9. The molecule has 1 amide bonds. The summed E-state index contributed by atoms with van der Waals surface area (Å²) in [5.41, 5.74) is 5.63. The zero-order valence-electron chi connectivity index (χ0n) is 18.1. The lowest BCUT2D eigenvalue weighted by Crippen LogP contribution is -2.33. The maximum absolute atomic E-state index is 11.6. The van der Waals surface area contributed by atoms with Crippen molar-refractivity contribution in [1.29, 1.82) is 0 Å². The summed E-state index contributed by atoms with van der Waals surface area (Å²) in [5.74, 6) is 1.10. The molecular formula is C20H36N4O5. The van der Waals surface area contributed by atoms with E-state index in [1.165, 1.54) is 32.1 Å². The van der Waals surface area contributed by atoms with Crippen molar-refractivity contribution in [2.75, 3.05) is 6.54 Å². The van der Waals surface area contributed by atoms with Crippen LogP contribution in [0.5, 0.6) is 0 Å². The Bertz CT molecular complexity index is 617. The monoisotopic (exact) mass is 412 g/mol. The zero-order valence-corrected chi connectivity index (χ0v) is 18.1. The second-order valence-electron chi connectivity index (χ2n) is 8.45. The number of nitrogens with zero attached hydrogens (tertiary/aromatic N) is 2. The quantitative estimate of drug-likeness (QED) is 0.577. The van der Waals surface area contributed by atoms with Crippen molar-refractivity contribution in [3.8, 4) is 0 Å². The first-order chi connectivity index (χ1) is 13.6. The number of carbonyl (C=O) groups is 2. The maximum atomic E-state index is 11.6. The Morgan fingerprint density at radius 2 is 1.93 bits per heavy atom. The van der Waals surface area contributed by atoms with Gasteiger partial charge in [0, 0.05) is 19.9 Å². The first-order valence-electron chi connectivity index (χ1n) is 10.3. The number of hydrogen-bond donors (Lipinski definition) is 3. The molecule has 0 bridgehead atoms. The number of amides is 1. The molecule has 0 aromatic carbocycles. The van der Waals surface area contributed by atoms with E-state index in [2.05, 4.69) is 15.5 Å². The standard InChI is InChI=1S/C18H32N4O3.C2H4O2/c1-18(2,3)24-17(23)20-11-7-10-14(19)16-21-15(22-25-16)12-13-8-5-4-6-9-13;1-2(3)4/h13-14H,4-12,19H2,1-3H3,(H,20,23);1H3,(H,3,4)/t14-;/m0./s1. The summed E-state index contributed by atoms with van der Waals surface area (Å²) in [6.07, 6.45) is 8.33. The van der Waals surface area contributed by atoms with Crippen molar-refractivity contribution >= 4 is 12.1 Å². The van der Waals surface area contributed by atoms with Crippen molar-refractivity contribution in [2.45, 2.75) is 90.7 Å². The number of nitrogens with one attached hydrogen (secondary N) is 1. The van der Waals surface area contributed by atoms with Crippen molar-refractivity contribution in [1.82, 2.24) is 15.5 Å². The lowest BCUT2D eigenvalue weighted by molar-refractivity contribution is -0.134. The van der Waals surface area contributed by atoms with Crippen molar-refractivity contribution in [3.63, 3.8) is 0 Å². The van der Waals surface area contributed by atoms with Crippen molar-refractivity contribution in [2.24, 2.45) is 11.7 Å². The Labute approximate surface area is 172 Å². The largest absolute Gasteiger partial charge is 0.481 e. The van der Waals surface area contributed by atoms with Crippen LogP contribution in [0.2, 0.25) is 0 Å². The number of aliphatic carboxylic acids is 1. The molecule has 0 saturated heterocycles. The Hall–Kier alpha value is -2.16. The normalized spacial score (nSPS) is 15.8. The van der Waals surface area contributed by atoms with Gasteiger partial charge in [0.15, 0.2) is 5.82 Å². The molecule has 1 aliphatic carbocycles. The van der Waals surface area contributed by atoms with E-state index in [1.54, 1.807) is 0 Å². The molecule has 0 aliphatic heterocycles. The predicted molar refractivity (Wildman–Crippen MR) is 108 cm³/mol. The molecule has 1 aromatic rings. The van der Waals surface area contributed by atoms with Gasteiger partial charge in [0.25, 0.3) is 5.97 Å². The number of rotatable bonds is 7. The van der Waals surface area contributed by atoms with Gasteiger partial charge >= 0.3 is 6.09 Å². The molecule has 1 heterocycles.